The number of likely N-dealkylation sites (tertiary alicyclic amines) is 1. The summed E-state index contributed by atoms with van der Waals surface area (Å²) in [5.74, 6) is 0. The van der Waals surface area contributed by atoms with Gasteiger partial charge in [0.05, 0.1) is 0 Å². The Morgan fingerprint density at radius 3 is 2.67 bits per heavy atom. The van der Waals surface area contributed by atoms with Crippen molar-refractivity contribution in [2.75, 3.05) is 19.3 Å². The summed E-state index contributed by atoms with van der Waals surface area (Å²) in [6, 6.07) is 8.29. The van der Waals surface area contributed by atoms with Crippen molar-refractivity contribution in [1.29, 1.82) is 0 Å². The smallest absolute Gasteiger partial charge is 0.0498 e. The summed E-state index contributed by atoms with van der Waals surface area (Å²) in [7, 11) is -0.874. The molecule has 1 fully saturated rings. The fourth-order valence-electron chi connectivity index (χ4n) is 3.80. The summed E-state index contributed by atoms with van der Waals surface area (Å²) >= 11 is 0. The Kier molecular flexibility index (Phi) is 4.60. The number of nitrogens with zero attached hydrogens (tertiary/aromatic N) is 1. The maximum atomic E-state index is 11.4. The molecular weight excluding hydrogens is 278 g/mol. The maximum absolute atomic E-state index is 11.4. The summed E-state index contributed by atoms with van der Waals surface area (Å²) < 4.78 is 11.4. The molecule has 0 aromatic heterocycles. The number of allylic oxidation sites excluding steroid dienone is 2. The first-order chi connectivity index (χ1) is 10.2. The normalized spacial score (nSPS) is 27.9. The summed E-state index contributed by atoms with van der Waals surface area (Å²) in [5, 5.41) is 0. The Balaban J connectivity index is 1.64. The third-order valence-corrected chi connectivity index (χ3v) is 5.90. The van der Waals surface area contributed by atoms with E-state index in [1.165, 1.54) is 50.8 Å². The maximum Gasteiger partial charge on any atom is 0.0498 e. The van der Waals surface area contributed by atoms with Crippen LogP contribution in [-0.4, -0.2) is 28.5 Å². The molecule has 0 radical (unpaired) electrons. The molecule has 0 amide bonds. The van der Waals surface area contributed by atoms with Crippen molar-refractivity contribution in [2.45, 2.75) is 43.5 Å². The quantitative estimate of drug-likeness (QED) is 0.793. The molecule has 21 heavy (non-hydrogen) atoms. The Morgan fingerprint density at radius 2 is 2.00 bits per heavy atom. The molecule has 0 bridgehead atoms. The van der Waals surface area contributed by atoms with Gasteiger partial charge in [0.1, 0.15) is 0 Å². The minimum atomic E-state index is -0.874. The van der Waals surface area contributed by atoms with Crippen LogP contribution in [0.2, 0.25) is 0 Å². The standard InChI is InChI=1S/C18H25NOS/c1-21(20)17-8-6-16(7-9-17)14-19-13-5-12-18(15-19)10-3-2-4-11-18/h2-3,6-9H,4-5,10-15H2,1H3/t18-,21+/m0/s1. The topological polar surface area (TPSA) is 20.3 Å². The molecule has 2 aliphatic rings. The lowest BCUT2D eigenvalue weighted by Crippen LogP contribution is -2.43. The van der Waals surface area contributed by atoms with E-state index in [0.717, 1.165) is 11.4 Å². The van der Waals surface area contributed by atoms with Crippen LogP contribution in [0.3, 0.4) is 0 Å². The van der Waals surface area contributed by atoms with E-state index in [4.69, 9.17) is 0 Å². The van der Waals surface area contributed by atoms with Gasteiger partial charge in [-0.15, -0.1) is 0 Å². The van der Waals surface area contributed by atoms with Gasteiger partial charge in [0, 0.05) is 35.0 Å². The molecule has 1 spiro atoms. The Bertz CT molecular complexity index is 537. The number of hydrogen-bond donors (Lipinski definition) is 0. The lowest BCUT2D eigenvalue weighted by atomic mass is 9.71. The van der Waals surface area contributed by atoms with Gasteiger partial charge in [-0.05, 0) is 61.8 Å². The average Bonchev–Trinajstić information content (AvgIpc) is 2.49. The molecule has 1 heterocycles. The molecule has 3 heteroatoms. The van der Waals surface area contributed by atoms with Gasteiger partial charge in [0.25, 0.3) is 0 Å². The predicted octanol–water partition coefficient (Wildman–Crippen LogP) is 3.75. The number of rotatable bonds is 3. The van der Waals surface area contributed by atoms with E-state index in [9.17, 15) is 4.21 Å². The van der Waals surface area contributed by atoms with Gasteiger partial charge in [-0.1, -0.05) is 24.3 Å². The molecule has 1 aliphatic heterocycles. The van der Waals surface area contributed by atoms with Crippen molar-refractivity contribution in [3.8, 4) is 0 Å². The van der Waals surface area contributed by atoms with Gasteiger partial charge in [0.2, 0.25) is 0 Å². The fraction of sp³-hybridized carbons (Fsp3) is 0.556. The van der Waals surface area contributed by atoms with Crippen LogP contribution in [-0.2, 0) is 17.3 Å². The van der Waals surface area contributed by atoms with Gasteiger partial charge in [0.15, 0.2) is 0 Å². The molecule has 2 atom stereocenters. The highest BCUT2D eigenvalue weighted by molar-refractivity contribution is 7.84. The zero-order valence-corrected chi connectivity index (χ0v) is 13.7. The Morgan fingerprint density at radius 1 is 1.19 bits per heavy atom. The summed E-state index contributed by atoms with van der Waals surface area (Å²) in [4.78, 5) is 3.53. The molecule has 2 nitrogen and oxygen atoms in total. The van der Waals surface area contributed by atoms with Crippen molar-refractivity contribution >= 4 is 10.8 Å². The fourth-order valence-corrected chi connectivity index (χ4v) is 4.32. The second kappa shape index (κ2) is 6.45. The minimum Gasteiger partial charge on any atom is -0.299 e. The van der Waals surface area contributed by atoms with Crippen LogP contribution in [0.5, 0.6) is 0 Å². The van der Waals surface area contributed by atoms with E-state index in [0.29, 0.717) is 5.41 Å². The Labute approximate surface area is 130 Å². The van der Waals surface area contributed by atoms with Crippen molar-refractivity contribution < 1.29 is 4.21 Å². The van der Waals surface area contributed by atoms with Gasteiger partial charge in [-0.3, -0.25) is 9.11 Å². The van der Waals surface area contributed by atoms with Crippen LogP contribution in [0, 0.1) is 5.41 Å². The second-order valence-electron chi connectivity index (χ2n) is 6.63. The first kappa shape index (κ1) is 15.0. The van der Waals surface area contributed by atoms with E-state index in [-0.39, 0.29) is 0 Å². The molecule has 1 aliphatic carbocycles. The largest absolute Gasteiger partial charge is 0.299 e. The molecule has 1 saturated heterocycles. The lowest BCUT2D eigenvalue weighted by molar-refractivity contribution is 0.0741. The van der Waals surface area contributed by atoms with Crippen molar-refractivity contribution in [2.24, 2.45) is 5.41 Å². The molecule has 1 aromatic carbocycles. The molecule has 0 N–H and O–H groups in total. The van der Waals surface area contributed by atoms with Crippen LogP contribution >= 0.6 is 0 Å². The van der Waals surface area contributed by atoms with E-state index >= 15 is 0 Å². The van der Waals surface area contributed by atoms with Crippen molar-refractivity contribution in [3.05, 3.63) is 42.0 Å². The average molecular weight is 303 g/mol. The highest BCUT2D eigenvalue weighted by Crippen LogP contribution is 2.41. The highest BCUT2D eigenvalue weighted by atomic mass is 32.2. The molecule has 1 aromatic rings. The van der Waals surface area contributed by atoms with E-state index in [1.54, 1.807) is 6.26 Å². The number of piperidine rings is 1. The van der Waals surface area contributed by atoms with Crippen LogP contribution in [0.4, 0.5) is 0 Å². The molecule has 3 rings (SSSR count). The third-order valence-electron chi connectivity index (χ3n) is 4.96. The summed E-state index contributed by atoms with van der Waals surface area (Å²) in [6.07, 6.45) is 13.1. The minimum absolute atomic E-state index is 0.540. The van der Waals surface area contributed by atoms with Crippen LogP contribution in [0.1, 0.15) is 37.7 Å². The first-order valence-electron chi connectivity index (χ1n) is 7.97. The zero-order valence-electron chi connectivity index (χ0n) is 12.9. The number of hydrogen-bond acceptors (Lipinski definition) is 2. The first-order valence-corrected chi connectivity index (χ1v) is 9.52. The predicted molar refractivity (Wildman–Crippen MR) is 88.7 cm³/mol. The molecule has 0 unspecified atom stereocenters. The van der Waals surface area contributed by atoms with Crippen molar-refractivity contribution in [3.63, 3.8) is 0 Å². The van der Waals surface area contributed by atoms with Gasteiger partial charge >= 0.3 is 0 Å². The lowest BCUT2D eigenvalue weighted by Gasteiger charge is -2.44. The van der Waals surface area contributed by atoms with Gasteiger partial charge in [-0.2, -0.15) is 0 Å². The second-order valence-corrected chi connectivity index (χ2v) is 8.01. The van der Waals surface area contributed by atoms with Crippen LogP contribution in [0.15, 0.2) is 41.3 Å². The monoisotopic (exact) mass is 303 g/mol. The van der Waals surface area contributed by atoms with Crippen LogP contribution in [0.25, 0.3) is 0 Å². The van der Waals surface area contributed by atoms with Crippen molar-refractivity contribution in [1.82, 2.24) is 4.90 Å². The highest BCUT2D eigenvalue weighted by Gasteiger charge is 2.34. The van der Waals surface area contributed by atoms with E-state index in [2.05, 4.69) is 29.2 Å². The van der Waals surface area contributed by atoms with E-state index in [1.807, 2.05) is 12.1 Å². The molecular formula is C18H25NOS. The number of benzene rings is 1. The molecule has 114 valence electrons. The van der Waals surface area contributed by atoms with Gasteiger partial charge in [-0.25, -0.2) is 0 Å². The third kappa shape index (κ3) is 3.64. The summed E-state index contributed by atoms with van der Waals surface area (Å²) in [6.45, 7) is 3.48. The SMILES string of the molecule is C[S@@](=O)c1ccc(CN2CCC[C@@]3(CC=CCC3)C2)cc1. The Hall–Kier alpha value is -0.930. The van der Waals surface area contributed by atoms with E-state index < -0.39 is 10.8 Å². The molecule has 0 saturated carbocycles. The zero-order chi connectivity index (χ0) is 14.7. The summed E-state index contributed by atoms with van der Waals surface area (Å²) in [5.41, 5.74) is 1.88. The van der Waals surface area contributed by atoms with Crippen LogP contribution < -0.4 is 0 Å². The van der Waals surface area contributed by atoms with Gasteiger partial charge < -0.3 is 0 Å².